The van der Waals surface area contributed by atoms with Crippen LogP contribution in [0.4, 0.5) is 10.5 Å². The van der Waals surface area contributed by atoms with E-state index in [4.69, 9.17) is 11.6 Å². The van der Waals surface area contributed by atoms with Crippen LogP contribution in [0.3, 0.4) is 0 Å². The Morgan fingerprint density at radius 2 is 1.65 bits per heavy atom. The average molecular weight is 484 g/mol. The number of carbonyl (C=O) groups is 2. The van der Waals surface area contributed by atoms with Crippen molar-refractivity contribution >= 4 is 40.1 Å². The number of anilines is 1. The van der Waals surface area contributed by atoms with Crippen LogP contribution < -0.4 is 50.9 Å². The number of fused-ring (bicyclic) bond motifs is 1. The molecular weight excluding hydrogens is 465 g/mol. The Morgan fingerprint density at radius 3 is 2.29 bits per heavy atom. The minimum atomic E-state index is -1.29. The van der Waals surface area contributed by atoms with Gasteiger partial charge in [-0.1, -0.05) is 54.1 Å². The van der Waals surface area contributed by atoms with E-state index in [0.29, 0.717) is 27.2 Å². The van der Waals surface area contributed by atoms with Crippen LogP contribution in [-0.2, 0) is 13.6 Å². The van der Waals surface area contributed by atoms with Gasteiger partial charge in [-0.25, -0.2) is 4.79 Å². The second kappa shape index (κ2) is 10.9. The number of nitrogens with zero attached hydrogens (tertiary/aromatic N) is 1. The standard InChI is InChI=1S/C25H20ClN3O4.Na/c1-29-21(14-27-25(33)28-18-10-7-16(8-11-18)24(31)32)22(15-5-3-2-4-6-15)20-13-17(26)9-12-19(20)23(29)30;/h2-13H,14H2,1H3,(H,31,32)(H2,27,28,33);/q;+1/p-1. The molecule has 0 aliphatic heterocycles. The van der Waals surface area contributed by atoms with Gasteiger partial charge in [0.2, 0.25) is 0 Å². The molecule has 4 aromatic rings. The smallest absolute Gasteiger partial charge is 0.545 e. The molecule has 1 aromatic heterocycles. The molecule has 0 aliphatic carbocycles. The van der Waals surface area contributed by atoms with Gasteiger partial charge in [0.25, 0.3) is 5.56 Å². The van der Waals surface area contributed by atoms with Crippen LogP contribution in [0.5, 0.6) is 0 Å². The number of carboxylic acids is 1. The number of aromatic nitrogens is 1. The third-order valence-electron chi connectivity index (χ3n) is 5.34. The molecule has 0 radical (unpaired) electrons. The molecule has 9 heteroatoms. The van der Waals surface area contributed by atoms with Gasteiger partial charge in [-0.3, -0.25) is 4.79 Å². The van der Waals surface area contributed by atoms with Crippen molar-refractivity contribution in [3.05, 3.63) is 99.4 Å². The van der Waals surface area contributed by atoms with E-state index in [1.165, 1.54) is 28.8 Å². The molecule has 166 valence electrons. The first-order valence-corrected chi connectivity index (χ1v) is 10.5. The zero-order chi connectivity index (χ0) is 23.5. The minimum absolute atomic E-state index is 0. The van der Waals surface area contributed by atoms with E-state index in [0.717, 1.165) is 11.1 Å². The molecule has 0 saturated heterocycles. The van der Waals surface area contributed by atoms with E-state index >= 15 is 0 Å². The molecule has 0 saturated carbocycles. The zero-order valence-electron chi connectivity index (χ0n) is 18.6. The Hall–Kier alpha value is -3.10. The quantitative estimate of drug-likeness (QED) is 0.405. The molecule has 7 nitrogen and oxygen atoms in total. The molecular formula is C25H19ClN3NaO4. The summed E-state index contributed by atoms with van der Waals surface area (Å²) in [6, 6.07) is 19.8. The molecule has 34 heavy (non-hydrogen) atoms. The fourth-order valence-electron chi connectivity index (χ4n) is 3.70. The molecule has 0 fully saturated rings. The first-order valence-electron chi connectivity index (χ1n) is 10.1. The summed E-state index contributed by atoms with van der Waals surface area (Å²) in [4.78, 5) is 36.4. The van der Waals surface area contributed by atoms with Crippen molar-refractivity contribution in [1.82, 2.24) is 9.88 Å². The molecule has 2 amide bonds. The number of amides is 2. The summed E-state index contributed by atoms with van der Waals surface area (Å²) in [6.45, 7) is 0.0708. The van der Waals surface area contributed by atoms with Crippen LogP contribution in [0, 0.1) is 0 Å². The topological polar surface area (TPSA) is 103 Å². The van der Waals surface area contributed by atoms with Crippen LogP contribution >= 0.6 is 11.6 Å². The number of carboxylic acid groups (broad SMARTS) is 1. The number of pyridine rings is 1. The van der Waals surface area contributed by atoms with Gasteiger partial charge in [-0.2, -0.15) is 0 Å². The van der Waals surface area contributed by atoms with Crippen molar-refractivity contribution in [2.45, 2.75) is 6.54 Å². The largest absolute Gasteiger partial charge is 1.00 e. The van der Waals surface area contributed by atoms with Crippen molar-refractivity contribution in [2.24, 2.45) is 7.05 Å². The van der Waals surface area contributed by atoms with Crippen molar-refractivity contribution in [3.63, 3.8) is 0 Å². The fraction of sp³-hybridized carbons (Fsp3) is 0.0800. The van der Waals surface area contributed by atoms with Crippen LogP contribution in [0.2, 0.25) is 5.02 Å². The maximum absolute atomic E-state index is 13.0. The van der Waals surface area contributed by atoms with Crippen molar-refractivity contribution in [1.29, 1.82) is 0 Å². The van der Waals surface area contributed by atoms with Crippen LogP contribution in [-0.4, -0.2) is 16.6 Å². The number of carbonyl (C=O) groups excluding carboxylic acids is 2. The third kappa shape index (κ3) is 5.34. The monoisotopic (exact) mass is 483 g/mol. The van der Waals surface area contributed by atoms with Gasteiger partial charge in [0, 0.05) is 34.4 Å². The molecule has 0 bridgehead atoms. The number of benzene rings is 3. The summed E-state index contributed by atoms with van der Waals surface area (Å²) in [5, 5.41) is 18.0. The molecule has 0 aliphatic rings. The van der Waals surface area contributed by atoms with E-state index < -0.39 is 12.0 Å². The second-order valence-electron chi connectivity index (χ2n) is 7.41. The average Bonchev–Trinajstić information content (AvgIpc) is 2.81. The van der Waals surface area contributed by atoms with Crippen LogP contribution in [0.15, 0.2) is 77.6 Å². The van der Waals surface area contributed by atoms with Crippen LogP contribution in [0.1, 0.15) is 16.1 Å². The summed E-state index contributed by atoms with van der Waals surface area (Å²) < 4.78 is 1.52. The number of hydrogen-bond acceptors (Lipinski definition) is 4. The normalized spacial score (nSPS) is 10.4. The van der Waals surface area contributed by atoms with E-state index in [1.807, 2.05) is 30.3 Å². The molecule has 1 heterocycles. The molecule has 2 N–H and O–H groups in total. The van der Waals surface area contributed by atoms with Gasteiger partial charge < -0.3 is 25.1 Å². The van der Waals surface area contributed by atoms with E-state index in [9.17, 15) is 19.5 Å². The Morgan fingerprint density at radius 1 is 0.971 bits per heavy atom. The SMILES string of the molecule is Cn1c(CNC(=O)Nc2ccc(C(=O)[O-])cc2)c(-c2ccccc2)c2cc(Cl)ccc2c1=O.[Na+]. The third-order valence-corrected chi connectivity index (χ3v) is 5.57. The first-order chi connectivity index (χ1) is 15.8. The van der Waals surface area contributed by atoms with Gasteiger partial charge in [-0.05, 0) is 46.8 Å². The summed E-state index contributed by atoms with van der Waals surface area (Å²) >= 11 is 6.24. The second-order valence-corrected chi connectivity index (χ2v) is 7.85. The van der Waals surface area contributed by atoms with Crippen molar-refractivity contribution < 1.29 is 44.3 Å². The number of nitrogens with one attached hydrogen (secondary N) is 2. The maximum Gasteiger partial charge on any atom is 1.00 e. The van der Waals surface area contributed by atoms with Crippen molar-refractivity contribution in [2.75, 3.05) is 5.32 Å². The van der Waals surface area contributed by atoms with Gasteiger partial charge in [0.1, 0.15) is 0 Å². The number of hydrogen-bond donors (Lipinski definition) is 2. The molecule has 3 aromatic carbocycles. The first kappa shape index (κ1) is 25.5. The van der Waals surface area contributed by atoms with Gasteiger partial charge >= 0.3 is 35.6 Å². The minimum Gasteiger partial charge on any atom is -0.545 e. The predicted molar refractivity (Wildman–Crippen MR) is 126 cm³/mol. The number of rotatable bonds is 5. The maximum atomic E-state index is 13.0. The summed E-state index contributed by atoms with van der Waals surface area (Å²) in [7, 11) is 1.66. The van der Waals surface area contributed by atoms with E-state index in [1.54, 1.807) is 25.2 Å². The number of urea groups is 1. The Labute approximate surface area is 222 Å². The van der Waals surface area contributed by atoms with Crippen molar-refractivity contribution in [3.8, 4) is 11.1 Å². The summed E-state index contributed by atoms with van der Waals surface area (Å²) in [6.07, 6.45) is 0. The van der Waals surface area contributed by atoms with Gasteiger partial charge in [0.15, 0.2) is 0 Å². The van der Waals surface area contributed by atoms with Gasteiger partial charge in [-0.15, -0.1) is 0 Å². The van der Waals surface area contributed by atoms with E-state index in [2.05, 4.69) is 10.6 Å². The predicted octanol–water partition coefficient (Wildman–Crippen LogP) is 0.548. The number of aromatic carboxylic acids is 1. The number of halogens is 1. The Kier molecular flexibility index (Phi) is 8.17. The fourth-order valence-corrected chi connectivity index (χ4v) is 3.87. The zero-order valence-corrected chi connectivity index (χ0v) is 21.3. The molecule has 0 unspecified atom stereocenters. The van der Waals surface area contributed by atoms with E-state index in [-0.39, 0.29) is 47.2 Å². The van der Waals surface area contributed by atoms with Gasteiger partial charge in [0.05, 0.1) is 12.5 Å². The Bertz CT molecular complexity index is 1420. The molecule has 0 spiro atoms. The van der Waals surface area contributed by atoms with Crippen LogP contribution in [0.25, 0.3) is 21.9 Å². The molecule has 4 rings (SSSR count). The Balaban J connectivity index is 0.00000324. The summed E-state index contributed by atoms with van der Waals surface area (Å²) in [5.41, 5.74) is 2.53. The summed E-state index contributed by atoms with van der Waals surface area (Å²) in [5.74, 6) is -1.29. The molecule has 0 atom stereocenters.